The number of carbonyl (C=O) groups is 1. The largest absolute Gasteiger partial charge is 0.394 e. The van der Waals surface area contributed by atoms with Crippen molar-refractivity contribution in [2.45, 2.75) is 324 Å². The van der Waals surface area contributed by atoms with E-state index in [2.05, 4.69) is 153 Å². The molecule has 3 fully saturated rings. The molecule has 0 spiro atoms. The van der Waals surface area contributed by atoms with Crippen molar-refractivity contribution in [2.24, 2.45) is 0 Å². The summed E-state index contributed by atoms with van der Waals surface area (Å²) in [5.41, 5.74) is 0. The summed E-state index contributed by atoms with van der Waals surface area (Å²) >= 11 is 0. The third-order valence-corrected chi connectivity index (χ3v) is 17.6. The molecule has 564 valence electrons. The maximum absolute atomic E-state index is 13.4. The minimum absolute atomic E-state index is 0.170. The lowest BCUT2D eigenvalue weighted by molar-refractivity contribution is -0.379. The number of ether oxygens (including phenoxy) is 6. The van der Waals surface area contributed by atoms with E-state index in [1.54, 1.807) is 6.08 Å². The zero-order valence-corrected chi connectivity index (χ0v) is 59.9. The molecule has 19 nitrogen and oxygen atoms in total. The Morgan fingerprint density at radius 3 is 1.13 bits per heavy atom. The van der Waals surface area contributed by atoms with Crippen LogP contribution in [0, 0.1) is 0 Å². The van der Waals surface area contributed by atoms with Crippen molar-refractivity contribution in [3.8, 4) is 0 Å². The summed E-state index contributed by atoms with van der Waals surface area (Å²) < 4.78 is 34.3. The number of rotatable bonds is 56. The van der Waals surface area contributed by atoms with E-state index in [-0.39, 0.29) is 12.3 Å². The molecule has 17 unspecified atom stereocenters. The van der Waals surface area contributed by atoms with Gasteiger partial charge in [0.05, 0.1) is 38.6 Å². The van der Waals surface area contributed by atoms with Crippen LogP contribution in [0.2, 0.25) is 0 Å². The van der Waals surface area contributed by atoms with Gasteiger partial charge in [-0.05, 0) is 109 Å². The average Bonchev–Trinajstić information content (AvgIpc) is 0.761. The molecular formula is C80H131NO18. The van der Waals surface area contributed by atoms with Gasteiger partial charge in [-0.1, -0.05) is 250 Å². The number of hydrogen-bond acceptors (Lipinski definition) is 18. The molecule has 0 bridgehead atoms. The molecule has 0 aliphatic carbocycles. The van der Waals surface area contributed by atoms with E-state index in [0.29, 0.717) is 12.8 Å². The molecule has 12 N–H and O–H groups in total. The Morgan fingerprint density at radius 1 is 0.374 bits per heavy atom. The van der Waals surface area contributed by atoms with E-state index in [9.17, 15) is 61.0 Å². The first-order chi connectivity index (χ1) is 48.3. The zero-order chi connectivity index (χ0) is 71.8. The van der Waals surface area contributed by atoms with Gasteiger partial charge in [0.25, 0.3) is 0 Å². The number of nitrogens with one attached hydrogen (secondary N) is 1. The highest BCUT2D eigenvalue weighted by Gasteiger charge is 2.53. The maximum atomic E-state index is 13.4. The highest BCUT2D eigenvalue weighted by atomic mass is 16.8. The first kappa shape index (κ1) is 88.9. The number of carbonyl (C=O) groups excluding carboxylic acids is 1. The second kappa shape index (κ2) is 59.1. The van der Waals surface area contributed by atoms with Crippen molar-refractivity contribution in [3.05, 3.63) is 146 Å². The van der Waals surface area contributed by atoms with Crippen molar-refractivity contribution >= 4 is 5.91 Å². The second-order valence-corrected chi connectivity index (χ2v) is 26.0. The van der Waals surface area contributed by atoms with Crippen LogP contribution < -0.4 is 5.32 Å². The van der Waals surface area contributed by atoms with Crippen LogP contribution in [0.1, 0.15) is 219 Å². The smallest absolute Gasteiger partial charge is 0.220 e. The van der Waals surface area contributed by atoms with Crippen LogP contribution in [0.3, 0.4) is 0 Å². The van der Waals surface area contributed by atoms with Gasteiger partial charge in [-0.2, -0.15) is 0 Å². The van der Waals surface area contributed by atoms with Gasteiger partial charge in [-0.15, -0.1) is 0 Å². The fourth-order valence-electron chi connectivity index (χ4n) is 11.6. The van der Waals surface area contributed by atoms with E-state index < -0.39 is 131 Å². The summed E-state index contributed by atoms with van der Waals surface area (Å²) in [7, 11) is 0. The normalized spacial score (nSPS) is 27.5. The SMILES string of the molecule is CC/C=C\C/C=C\C/C=C\C/C=C\C/C=C\C/C=C\C/C=C\C/C=C\C/C=C\C/C=C\CCCCC(=O)NC(COC1OC(CO)C(OC2OC(CO)C(OC3OC(CO)C(O)C(O)C3O)C(O)C2O)C(O)C1O)C(O)/C=C/CC/C=C/CCCCCCCCCCCCCCCCC. The molecule has 0 aromatic heterocycles. The van der Waals surface area contributed by atoms with E-state index in [0.717, 1.165) is 96.3 Å². The molecule has 1 amide bonds. The predicted molar refractivity (Wildman–Crippen MR) is 392 cm³/mol. The summed E-state index contributed by atoms with van der Waals surface area (Å²) in [5.74, 6) is -0.333. The molecule has 0 aromatic rings. The highest BCUT2D eigenvalue weighted by molar-refractivity contribution is 5.76. The fraction of sp³-hybridized carbons (Fsp3) is 0.688. The van der Waals surface area contributed by atoms with Gasteiger partial charge >= 0.3 is 0 Å². The Balaban J connectivity index is 1.44. The van der Waals surface area contributed by atoms with E-state index in [4.69, 9.17) is 28.4 Å². The van der Waals surface area contributed by atoms with Crippen molar-refractivity contribution in [3.63, 3.8) is 0 Å². The Labute approximate surface area is 593 Å². The van der Waals surface area contributed by atoms with Crippen molar-refractivity contribution in [1.29, 1.82) is 0 Å². The van der Waals surface area contributed by atoms with Crippen LogP contribution >= 0.6 is 0 Å². The van der Waals surface area contributed by atoms with Crippen LogP contribution in [0.5, 0.6) is 0 Å². The van der Waals surface area contributed by atoms with Gasteiger partial charge in [0.2, 0.25) is 5.91 Å². The van der Waals surface area contributed by atoms with E-state index in [1.807, 2.05) is 6.08 Å². The molecule has 99 heavy (non-hydrogen) atoms. The number of aliphatic hydroxyl groups excluding tert-OH is 11. The Hall–Kier alpha value is -4.33. The first-order valence-electron chi connectivity index (χ1n) is 37.6. The predicted octanol–water partition coefficient (Wildman–Crippen LogP) is 11.5. The monoisotopic (exact) mass is 1390 g/mol. The number of aliphatic hydroxyl groups is 11. The third-order valence-electron chi connectivity index (χ3n) is 17.6. The number of amides is 1. The molecule has 19 heteroatoms. The maximum Gasteiger partial charge on any atom is 0.220 e. The second-order valence-electron chi connectivity index (χ2n) is 26.0. The lowest BCUT2D eigenvalue weighted by Crippen LogP contribution is -2.66. The van der Waals surface area contributed by atoms with E-state index in [1.165, 1.54) is 89.9 Å². The molecule has 3 saturated heterocycles. The van der Waals surface area contributed by atoms with Crippen LogP contribution in [-0.2, 0) is 33.2 Å². The average molecular weight is 1390 g/mol. The topological polar surface area (TPSA) is 307 Å². The molecular weight excluding hydrogens is 1260 g/mol. The first-order valence-corrected chi connectivity index (χ1v) is 37.6. The summed E-state index contributed by atoms with van der Waals surface area (Å²) in [6, 6.07) is -1.03. The fourth-order valence-corrected chi connectivity index (χ4v) is 11.6. The third kappa shape index (κ3) is 39.8. The summed E-state index contributed by atoms with van der Waals surface area (Å²) in [4.78, 5) is 13.4. The van der Waals surface area contributed by atoms with Gasteiger partial charge < -0.3 is 89.9 Å². The standard InChI is InChI=1S/C80H131NO18/c1-3-5-7-9-11-13-15-17-19-21-23-25-26-27-28-29-30-31-32-33-34-35-36-38-40-42-44-46-48-50-52-54-56-58-68(86)81-63(64(85)57-55-53-51-49-47-45-43-41-39-37-24-22-20-18-16-14-12-10-8-6-4-2)62-94-78-74(92)71(89)76(66(60-83)96-78)99-80-75(93)72(90)77(67(61-84)97-80)98-79-73(91)70(88)69(87)65(59-82)95-79/h5,7,11,13,17,19,23,25,27-28,30-31,33-34,36,38,42,44,47-50,55,57,63-67,69-80,82-85,87-93H,3-4,6,8-10,12,14-16,18,20-22,24,26,29,32,35,37,39-41,43,45-46,51-54,56,58-62H2,1-2H3,(H,81,86)/b7-5-,13-11-,19-17-,25-23-,28-27-,31-30-,34-33-,38-36-,44-42-,49-47+,50-48-,57-55+. The van der Waals surface area contributed by atoms with Gasteiger partial charge in [-0.25, -0.2) is 0 Å². The molecule has 0 saturated carbocycles. The van der Waals surface area contributed by atoms with Crippen molar-refractivity contribution in [2.75, 3.05) is 26.4 Å². The molecule has 3 rings (SSSR count). The van der Waals surface area contributed by atoms with Gasteiger partial charge in [0, 0.05) is 6.42 Å². The lowest BCUT2D eigenvalue weighted by atomic mass is 9.96. The quantitative estimate of drug-likeness (QED) is 0.0199. The number of unbranched alkanes of at least 4 members (excludes halogenated alkanes) is 18. The summed E-state index contributed by atoms with van der Waals surface area (Å²) in [5, 5.41) is 121. The van der Waals surface area contributed by atoms with Crippen LogP contribution in [-0.4, -0.2) is 193 Å². The molecule has 3 heterocycles. The summed E-state index contributed by atoms with van der Waals surface area (Å²) in [6.07, 6.45) is 58.2. The van der Waals surface area contributed by atoms with E-state index >= 15 is 0 Å². The highest BCUT2D eigenvalue weighted by Crippen LogP contribution is 2.33. The molecule has 3 aliphatic heterocycles. The Morgan fingerprint density at radius 2 is 0.707 bits per heavy atom. The molecule has 0 radical (unpaired) electrons. The van der Waals surface area contributed by atoms with Gasteiger partial charge in [0.15, 0.2) is 18.9 Å². The Bertz CT molecular complexity index is 2360. The van der Waals surface area contributed by atoms with Crippen LogP contribution in [0.4, 0.5) is 0 Å². The minimum Gasteiger partial charge on any atom is -0.394 e. The molecule has 17 atom stereocenters. The van der Waals surface area contributed by atoms with Crippen molar-refractivity contribution < 1.29 is 89.4 Å². The van der Waals surface area contributed by atoms with Crippen molar-refractivity contribution in [1.82, 2.24) is 5.32 Å². The van der Waals surface area contributed by atoms with Crippen LogP contribution in [0.25, 0.3) is 0 Å². The van der Waals surface area contributed by atoms with Gasteiger partial charge in [0.1, 0.15) is 73.2 Å². The molecule has 3 aliphatic rings. The summed E-state index contributed by atoms with van der Waals surface area (Å²) in [6.45, 7) is 1.56. The number of hydrogen-bond donors (Lipinski definition) is 12. The lowest BCUT2D eigenvalue weighted by Gasteiger charge is -2.48. The Kier molecular flexibility index (Phi) is 53.1. The van der Waals surface area contributed by atoms with Gasteiger partial charge in [-0.3, -0.25) is 4.79 Å². The minimum atomic E-state index is -1.99. The number of allylic oxidation sites excluding steroid dienone is 23. The van der Waals surface area contributed by atoms with Crippen LogP contribution in [0.15, 0.2) is 146 Å². The zero-order valence-electron chi connectivity index (χ0n) is 59.9. The molecule has 0 aromatic carbocycles.